The number of nitrogens with zero attached hydrogens (tertiary/aromatic N) is 1. The molecule has 1 aromatic heterocycles. The molecule has 4 nitrogen and oxygen atoms in total. The number of amides is 1. The van der Waals surface area contributed by atoms with E-state index in [1.807, 2.05) is 37.3 Å². The van der Waals surface area contributed by atoms with Crippen LogP contribution in [0.4, 0.5) is 4.39 Å². The lowest BCUT2D eigenvalue weighted by Crippen LogP contribution is -2.30. The summed E-state index contributed by atoms with van der Waals surface area (Å²) in [6.45, 7) is 2.01. The van der Waals surface area contributed by atoms with Crippen LogP contribution in [0, 0.1) is 12.7 Å². The summed E-state index contributed by atoms with van der Waals surface area (Å²) >= 11 is 1.48. The lowest BCUT2D eigenvalue weighted by Gasteiger charge is -2.25. The Morgan fingerprint density at radius 3 is 2.88 bits per heavy atom. The molecule has 0 saturated carbocycles. The summed E-state index contributed by atoms with van der Waals surface area (Å²) in [7, 11) is 0. The summed E-state index contributed by atoms with van der Waals surface area (Å²) in [6.07, 6.45) is 0.742. The topological polar surface area (TPSA) is 55.1 Å². The van der Waals surface area contributed by atoms with E-state index in [1.54, 1.807) is 12.1 Å². The van der Waals surface area contributed by atoms with Gasteiger partial charge in [0.05, 0.1) is 6.04 Å². The maximum Gasteiger partial charge on any atom is 0.290 e. The standard InChI is InChI=1S/C20H17FN2O2S/c1-12-5-7-13(8-6-12)17-11-18(25-23-17)20(24)22-16-9-10-26-19-14(16)3-2-4-15(19)21/h2-8,11,16H,9-10H2,1H3,(H,22,24)/t16-/m1/s1. The van der Waals surface area contributed by atoms with Crippen molar-refractivity contribution in [3.63, 3.8) is 0 Å². The van der Waals surface area contributed by atoms with Crippen molar-refractivity contribution < 1.29 is 13.7 Å². The van der Waals surface area contributed by atoms with E-state index in [0.717, 1.165) is 28.9 Å². The maximum absolute atomic E-state index is 14.0. The smallest absolute Gasteiger partial charge is 0.290 e. The first-order chi connectivity index (χ1) is 12.6. The van der Waals surface area contributed by atoms with Crippen molar-refractivity contribution in [3.05, 3.63) is 71.2 Å². The van der Waals surface area contributed by atoms with Crippen molar-refractivity contribution in [2.45, 2.75) is 24.3 Å². The second-order valence-corrected chi connectivity index (χ2v) is 7.37. The molecule has 0 radical (unpaired) electrons. The van der Waals surface area contributed by atoms with Gasteiger partial charge in [-0.3, -0.25) is 4.79 Å². The van der Waals surface area contributed by atoms with Crippen LogP contribution in [0.2, 0.25) is 0 Å². The molecule has 2 heterocycles. The predicted molar refractivity (Wildman–Crippen MR) is 98.6 cm³/mol. The van der Waals surface area contributed by atoms with E-state index in [0.29, 0.717) is 10.6 Å². The fourth-order valence-corrected chi connectivity index (χ4v) is 4.15. The molecule has 1 aliphatic rings. The molecule has 0 fully saturated rings. The summed E-state index contributed by atoms with van der Waals surface area (Å²) < 4.78 is 19.2. The molecule has 0 aliphatic carbocycles. The van der Waals surface area contributed by atoms with Crippen molar-refractivity contribution >= 4 is 17.7 Å². The van der Waals surface area contributed by atoms with E-state index >= 15 is 0 Å². The minimum atomic E-state index is -0.344. The van der Waals surface area contributed by atoms with E-state index in [-0.39, 0.29) is 23.5 Å². The van der Waals surface area contributed by atoms with Gasteiger partial charge in [-0.05, 0) is 25.0 Å². The zero-order valence-corrected chi connectivity index (χ0v) is 15.0. The Morgan fingerprint density at radius 1 is 1.27 bits per heavy atom. The highest BCUT2D eigenvalue weighted by atomic mass is 32.2. The highest BCUT2D eigenvalue weighted by Crippen LogP contribution is 2.37. The molecule has 4 rings (SSSR count). The van der Waals surface area contributed by atoms with Gasteiger partial charge in [0, 0.05) is 22.3 Å². The van der Waals surface area contributed by atoms with E-state index in [4.69, 9.17) is 4.52 Å². The second-order valence-electron chi connectivity index (χ2n) is 6.26. The summed E-state index contributed by atoms with van der Waals surface area (Å²) in [5.41, 5.74) is 3.46. The molecule has 3 aromatic rings. The van der Waals surface area contributed by atoms with Gasteiger partial charge in [0.25, 0.3) is 5.91 Å². The Balaban J connectivity index is 1.53. The maximum atomic E-state index is 14.0. The number of hydrogen-bond acceptors (Lipinski definition) is 4. The van der Waals surface area contributed by atoms with Crippen LogP contribution in [0.15, 0.2) is 57.9 Å². The van der Waals surface area contributed by atoms with Crippen LogP contribution < -0.4 is 5.32 Å². The third-order valence-electron chi connectivity index (χ3n) is 4.41. The van der Waals surface area contributed by atoms with Gasteiger partial charge in [0.2, 0.25) is 5.76 Å². The second kappa shape index (κ2) is 6.96. The van der Waals surface area contributed by atoms with Gasteiger partial charge in [0.15, 0.2) is 0 Å². The molecule has 0 spiro atoms. The Labute approximate surface area is 154 Å². The number of thioether (sulfide) groups is 1. The van der Waals surface area contributed by atoms with Crippen LogP contribution in [-0.2, 0) is 0 Å². The van der Waals surface area contributed by atoms with Crippen molar-refractivity contribution in [2.24, 2.45) is 0 Å². The van der Waals surface area contributed by atoms with Crippen LogP contribution in [0.3, 0.4) is 0 Å². The van der Waals surface area contributed by atoms with Gasteiger partial charge in [0.1, 0.15) is 11.5 Å². The summed E-state index contributed by atoms with van der Waals surface area (Å²) in [4.78, 5) is 13.2. The molecule has 0 saturated heterocycles. The lowest BCUT2D eigenvalue weighted by molar-refractivity contribution is 0.0897. The Hall–Kier alpha value is -2.60. The van der Waals surface area contributed by atoms with Crippen molar-refractivity contribution in [1.29, 1.82) is 0 Å². The number of carbonyl (C=O) groups is 1. The third-order valence-corrected chi connectivity index (χ3v) is 5.57. The first-order valence-electron chi connectivity index (χ1n) is 8.37. The average Bonchev–Trinajstić information content (AvgIpc) is 3.13. The number of rotatable bonds is 3. The van der Waals surface area contributed by atoms with Crippen LogP contribution in [0.1, 0.15) is 34.1 Å². The molecule has 1 N–H and O–H groups in total. The molecule has 132 valence electrons. The van der Waals surface area contributed by atoms with E-state index in [1.165, 1.54) is 17.8 Å². The minimum absolute atomic E-state index is 0.150. The first kappa shape index (κ1) is 16.8. The number of aromatic nitrogens is 1. The molecular weight excluding hydrogens is 351 g/mol. The zero-order chi connectivity index (χ0) is 18.1. The average molecular weight is 368 g/mol. The van der Waals surface area contributed by atoms with Crippen molar-refractivity contribution in [1.82, 2.24) is 10.5 Å². The predicted octanol–water partition coefficient (Wildman–Crippen LogP) is 4.76. The molecule has 0 unspecified atom stereocenters. The fraction of sp³-hybridized carbons (Fsp3) is 0.200. The zero-order valence-electron chi connectivity index (χ0n) is 14.2. The normalized spacial score (nSPS) is 16.2. The van der Waals surface area contributed by atoms with Gasteiger partial charge in [-0.25, -0.2) is 4.39 Å². The quantitative estimate of drug-likeness (QED) is 0.724. The van der Waals surface area contributed by atoms with Crippen molar-refractivity contribution in [2.75, 3.05) is 5.75 Å². The lowest BCUT2D eigenvalue weighted by atomic mass is 10.0. The molecule has 2 aromatic carbocycles. The number of carbonyl (C=O) groups excluding carboxylic acids is 1. The van der Waals surface area contributed by atoms with Gasteiger partial charge < -0.3 is 9.84 Å². The highest BCUT2D eigenvalue weighted by Gasteiger charge is 2.26. The van der Waals surface area contributed by atoms with Crippen molar-refractivity contribution in [3.8, 4) is 11.3 Å². The van der Waals surface area contributed by atoms with Crippen LogP contribution in [0.5, 0.6) is 0 Å². The molecule has 0 bridgehead atoms. The van der Waals surface area contributed by atoms with E-state index in [9.17, 15) is 9.18 Å². The number of fused-ring (bicyclic) bond motifs is 1. The first-order valence-corrected chi connectivity index (χ1v) is 9.36. The van der Waals surface area contributed by atoms with Crippen LogP contribution >= 0.6 is 11.8 Å². The number of hydrogen-bond donors (Lipinski definition) is 1. The number of halogens is 1. The number of benzene rings is 2. The van der Waals surface area contributed by atoms with Gasteiger partial charge in [-0.15, -0.1) is 11.8 Å². The SMILES string of the molecule is Cc1ccc(-c2cc(C(=O)N[C@@H]3CCSc4c(F)cccc43)on2)cc1. The minimum Gasteiger partial charge on any atom is -0.350 e. The Morgan fingerprint density at radius 2 is 2.08 bits per heavy atom. The summed E-state index contributed by atoms with van der Waals surface area (Å²) in [6, 6.07) is 14.2. The Kier molecular flexibility index (Phi) is 4.51. The van der Waals surface area contributed by atoms with Gasteiger partial charge >= 0.3 is 0 Å². The van der Waals surface area contributed by atoms with Gasteiger partial charge in [-0.2, -0.15) is 0 Å². The molecule has 6 heteroatoms. The van der Waals surface area contributed by atoms with Crippen LogP contribution in [-0.4, -0.2) is 16.8 Å². The Bertz CT molecular complexity index is 953. The third kappa shape index (κ3) is 3.24. The molecule has 1 amide bonds. The summed E-state index contributed by atoms with van der Waals surface area (Å²) in [5.74, 6) is 0.316. The largest absolute Gasteiger partial charge is 0.350 e. The summed E-state index contributed by atoms with van der Waals surface area (Å²) in [5, 5.41) is 6.93. The molecule has 26 heavy (non-hydrogen) atoms. The fourth-order valence-electron chi connectivity index (χ4n) is 3.01. The number of nitrogens with one attached hydrogen (secondary N) is 1. The van der Waals surface area contributed by atoms with Crippen LogP contribution in [0.25, 0.3) is 11.3 Å². The highest BCUT2D eigenvalue weighted by molar-refractivity contribution is 7.99. The number of aryl methyl sites for hydroxylation is 1. The van der Waals surface area contributed by atoms with E-state index in [2.05, 4.69) is 10.5 Å². The molecular formula is C20H17FN2O2S. The molecule has 1 atom stereocenters. The monoisotopic (exact) mass is 368 g/mol. The van der Waals surface area contributed by atoms with E-state index < -0.39 is 0 Å². The van der Waals surface area contributed by atoms with Gasteiger partial charge in [-0.1, -0.05) is 47.1 Å². The molecule has 1 aliphatic heterocycles.